The minimum atomic E-state index is -2.78. The van der Waals surface area contributed by atoms with E-state index in [1.807, 2.05) is 18.2 Å². The lowest BCUT2D eigenvalue weighted by Gasteiger charge is -2.11. The molecule has 0 aliphatic heterocycles. The van der Waals surface area contributed by atoms with Gasteiger partial charge in [0, 0.05) is 11.9 Å². The highest BCUT2D eigenvalue weighted by Crippen LogP contribution is 2.27. The molecular formula is C13H13ClN2O3S2. The van der Waals surface area contributed by atoms with Gasteiger partial charge in [0.1, 0.15) is 5.76 Å². The van der Waals surface area contributed by atoms with Crippen molar-refractivity contribution in [2.45, 2.75) is 13.1 Å². The van der Waals surface area contributed by atoms with Gasteiger partial charge < -0.3 is 9.73 Å². The summed E-state index contributed by atoms with van der Waals surface area (Å²) in [6.45, 7) is 1.00. The number of hydrogen-bond donors (Lipinski definition) is 3. The number of furan rings is 1. The summed E-state index contributed by atoms with van der Waals surface area (Å²) in [7, 11) is -2.78. The molecule has 2 rings (SSSR count). The number of hydrogen-bond acceptors (Lipinski definition) is 5. The van der Waals surface area contributed by atoms with E-state index >= 15 is 0 Å². The van der Waals surface area contributed by atoms with Gasteiger partial charge in [0.05, 0.1) is 23.5 Å². The minimum Gasteiger partial charge on any atom is -0.468 e. The van der Waals surface area contributed by atoms with Crippen LogP contribution in [0.5, 0.6) is 0 Å². The number of nitrogens with one attached hydrogen (secondary N) is 2. The molecule has 21 heavy (non-hydrogen) atoms. The Morgan fingerprint density at radius 1 is 1.33 bits per heavy atom. The van der Waals surface area contributed by atoms with E-state index < -0.39 is 10.9 Å². The van der Waals surface area contributed by atoms with Crippen molar-refractivity contribution in [2.75, 3.05) is 4.72 Å². The highest BCUT2D eigenvalue weighted by atomic mass is 35.5. The zero-order valence-corrected chi connectivity index (χ0v) is 13.3. The smallest absolute Gasteiger partial charge is 0.222 e. The molecule has 1 aromatic heterocycles. The monoisotopic (exact) mass is 344 g/mol. The summed E-state index contributed by atoms with van der Waals surface area (Å²) < 4.78 is 29.1. The van der Waals surface area contributed by atoms with Crippen LogP contribution in [0.15, 0.2) is 34.9 Å². The lowest BCUT2D eigenvalue weighted by Crippen LogP contribution is -2.13. The maximum absolute atomic E-state index is 10.8. The van der Waals surface area contributed by atoms with Crippen LogP contribution in [0.4, 0.5) is 5.69 Å². The van der Waals surface area contributed by atoms with E-state index in [2.05, 4.69) is 10.0 Å². The fourth-order valence-corrected chi connectivity index (χ4v) is 2.62. The SMILES string of the molecule is O=[SH](=O)Nc1cc(C=S)cc(CNCc2ccco2)c1Cl. The van der Waals surface area contributed by atoms with Crippen LogP contribution < -0.4 is 10.0 Å². The molecule has 5 nitrogen and oxygen atoms in total. The van der Waals surface area contributed by atoms with Crippen LogP contribution in [-0.2, 0) is 24.0 Å². The van der Waals surface area contributed by atoms with E-state index in [1.54, 1.807) is 12.3 Å². The number of rotatable bonds is 7. The van der Waals surface area contributed by atoms with Gasteiger partial charge in [0.25, 0.3) is 0 Å². The molecule has 0 radical (unpaired) electrons. The van der Waals surface area contributed by atoms with Crippen molar-refractivity contribution in [3.8, 4) is 0 Å². The van der Waals surface area contributed by atoms with Crippen LogP contribution in [0.2, 0.25) is 5.02 Å². The normalized spacial score (nSPS) is 10.8. The molecule has 0 saturated heterocycles. The van der Waals surface area contributed by atoms with Gasteiger partial charge in [-0.1, -0.05) is 23.8 Å². The average Bonchev–Trinajstić information content (AvgIpc) is 2.95. The third kappa shape index (κ3) is 4.53. The molecule has 0 fully saturated rings. The third-order valence-corrected chi connectivity index (χ3v) is 3.85. The van der Waals surface area contributed by atoms with Gasteiger partial charge >= 0.3 is 0 Å². The Labute approximate surface area is 134 Å². The molecule has 1 heterocycles. The van der Waals surface area contributed by atoms with Gasteiger partial charge in [-0.3, -0.25) is 4.72 Å². The summed E-state index contributed by atoms with van der Waals surface area (Å²) in [5, 5.41) is 4.99. The topological polar surface area (TPSA) is 71.3 Å². The van der Waals surface area contributed by atoms with E-state index in [0.717, 1.165) is 11.3 Å². The van der Waals surface area contributed by atoms with Crippen molar-refractivity contribution < 1.29 is 12.8 Å². The van der Waals surface area contributed by atoms with E-state index in [0.29, 0.717) is 29.4 Å². The molecule has 0 aliphatic rings. The van der Waals surface area contributed by atoms with Crippen LogP contribution in [0, 0.1) is 0 Å². The first-order chi connectivity index (χ1) is 10.1. The Bertz CT molecular complexity index is 692. The standard InChI is InChI=1S/C13H13ClN2O3S2/c14-13-10(6-15-7-11-2-1-3-19-11)4-9(8-20)5-12(13)16-21(17)18/h1-5,8,15,21H,6-7H2,(H,16,17,18). The van der Waals surface area contributed by atoms with Crippen LogP contribution in [-0.4, -0.2) is 13.8 Å². The van der Waals surface area contributed by atoms with Crippen molar-refractivity contribution in [3.63, 3.8) is 0 Å². The molecule has 2 N–H and O–H groups in total. The second kappa shape index (κ2) is 7.56. The summed E-state index contributed by atoms with van der Waals surface area (Å²) in [6, 6.07) is 7.07. The number of halogens is 1. The molecule has 0 unspecified atom stereocenters. The third-order valence-electron chi connectivity index (χ3n) is 2.71. The van der Waals surface area contributed by atoms with Gasteiger partial charge in [-0.2, -0.15) is 0 Å². The Balaban J connectivity index is 2.15. The maximum Gasteiger partial charge on any atom is 0.222 e. The van der Waals surface area contributed by atoms with Crippen molar-refractivity contribution in [1.29, 1.82) is 0 Å². The van der Waals surface area contributed by atoms with E-state index in [9.17, 15) is 8.42 Å². The Morgan fingerprint density at radius 2 is 2.14 bits per heavy atom. The zero-order chi connectivity index (χ0) is 15.2. The fraction of sp³-hybridized carbons (Fsp3) is 0.154. The average molecular weight is 345 g/mol. The second-order valence-electron chi connectivity index (χ2n) is 4.21. The lowest BCUT2D eigenvalue weighted by molar-refractivity contribution is 0.483. The van der Waals surface area contributed by atoms with Gasteiger partial charge in [-0.15, -0.1) is 0 Å². The molecule has 0 atom stereocenters. The first-order valence-corrected chi connectivity index (χ1v) is 8.04. The van der Waals surface area contributed by atoms with Crippen molar-refractivity contribution >= 4 is 45.8 Å². The Hall–Kier alpha value is -1.41. The number of thiol groups is 1. The van der Waals surface area contributed by atoms with Crippen molar-refractivity contribution in [3.05, 3.63) is 52.4 Å². The number of thiocarbonyl (C=S) groups is 1. The molecular weight excluding hydrogens is 332 g/mol. The zero-order valence-electron chi connectivity index (χ0n) is 10.8. The van der Waals surface area contributed by atoms with Gasteiger partial charge in [-0.25, -0.2) is 8.42 Å². The first kappa shape index (κ1) is 16.0. The molecule has 0 amide bonds. The van der Waals surface area contributed by atoms with E-state index in [-0.39, 0.29) is 0 Å². The van der Waals surface area contributed by atoms with Crippen molar-refractivity contribution in [1.82, 2.24) is 5.32 Å². The van der Waals surface area contributed by atoms with Crippen LogP contribution in [0.25, 0.3) is 0 Å². The summed E-state index contributed by atoms with van der Waals surface area (Å²) in [5.74, 6) is 0.804. The van der Waals surface area contributed by atoms with Crippen molar-refractivity contribution in [2.24, 2.45) is 0 Å². The Morgan fingerprint density at radius 3 is 2.76 bits per heavy atom. The first-order valence-electron chi connectivity index (χ1n) is 6.02. The molecule has 8 heteroatoms. The highest BCUT2D eigenvalue weighted by molar-refractivity contribution is 7.79. The molecule has 0 aliphatic carbocycles. The number of anilines is 1. The molecule has 0 spiro atoms. The van der Waals surface area contributed by atoms with Crippen LogP contribution in [0.3, 0.4) is 0 Å². The molecule has 1 aromatic carbocycles. The predicted molar refractivity (Wildman–Crippen MR) is 87.4 cm³/mol. The van der Waals surface area contributed by atoms with Gasteiger partial charge in [0.2, 0.25) is 10.9 Å². The molecule has 0 bridgehead atoms. The quantitative estimate of drug-likeness (QED) is 0.532. The number of benzene rings is 1. The lowest BCUT2D eigenvalue weighted by atomic mass is 10.1. The minimum absolute atomic E-state index is 0.321. The maximum atomic E-state index is 10.8. The van der Waals surface area contributed by atoms with Crippen LogP contribution in [0.1, 0.15) is 16.9 Å². The van der Waals surface area contributed by atoms with Crippen LogP contribution >= 0.6 is 23.8 Å². The van der Waals surface area contributed by atoms with Gasteiger partial charge in [-0.05, 0) is 35.4 Å². The molecule has 2 aromatic rings. The molecule has 0 saturated carbocycles. The van der Waals surface area contributed by atoms with E-state index in [4.69, 9.17) is 28.2 Å². The second-order valence-corrected chi connectivity index (χ2v) is 5.56. The predicted octanol–water partition coefficient (Wildman–Crippen LogP) is 2.51. The largest absolute Gasteiger partial charge is 0.468 e. The summed E-state index contributed by atoms with van der Waals surface area (Å²) in [4.78, 5) is 0. The highest BCUT2D eigenvalue weighted by Gasteiger charge is 2.09. The molecule has 112 valence electrons. The summed E-state index contributed by atoms with van der Waals surface area (Å²) in [5.41, 5.74) is 1.78. The Kier molecular flexibility index (Phi) is 5.75. The van der Waals surface area contributed by atoms with Gasteiger partial charge in [0.15, 0.2) is 0 Å². The summed E-state index contributed by atoms with van der Waals surface area (Å²) in [6.07, 6.45) is 1.60. The summed E-state index contributed by atoms with van der Waals surface area (Å²) >= 11 is 11.1. The fourth-order valence-electron chi connectivity index (χ4n) is 1.82. The van der Waals surface area contributed by atoms with E-state index in [1.165, 1.54) is 5.37 Å².